The first-order chi connectivity index (χ1) is 8.56. The quantitative estimate of drug-likeness (QED) is 0.740. The van der Waals surface area contributed by atoms with Crippen molar-refractivity contribution < 1.29 is 4.39 Å². The molecule has 6 heteroatoms. The Morgan fingerprint density at radius 1 is 1.22 bits per heavy atom. The maximum atomic E-state index is 12.9. The maximum Gasteiger partial charge on any atom is 0.143 e. The van der Waals surface area contributed by atoms with Gasteiger partial charge in [0.25, 0.3) is 0 Å². The summed E-state index contributed by atoms with van der Waals surface area (Å²) in [6, 6.07) is 6.43. The number of aromatic nitrogens is 1. The molecule has 0 aliphatic heterocycles. The lowest BCUT2D eigenvalue weighted by molar-refractivity contribution is 0.626. The van der Waals surface area contributed by atoms with Crippen LogP contribution in [0.2, 0.25) is 5.15 Å². The molecule has 0 saturated heterocycles. The molecule has 2 rings (SSSR count). The van der Waals surface area contributed by atoms with Gasteiger partial charge in [-0.3, -0.25) is 0 Å². The largest absolute Gasteiger partial charge is 0.380 e. The van der Waals surface area contributed by atoms with Crippen molar-refractivity contribution in [2.24, 2.45) is 0 Å². The van der Waals surface area contributed by atoms with Crippen LogP contribution in [-0.2, 0) is 6.54 Å². The highest BCUT2D eigenvalue weighted by Crippen LogP contribution is 2.24. The van der Waals surface area contributed by atoms with Crippen LogP contribution in [0.4, 0.5) is 10.1 Å². The fourth-order valence-electron chi connectivity index (χ4n) is 1.38. The van der Waals surface area contributed by atoms with Crippen molar-refractivity contribution in [2.75, 3.05) is 5.32 Å². The second-order valence-corrected chi connectivity index (χ2v) is 5.65. The third-order valence-corrected chi connectivity index (χ3v) is 4.17. The zero-order valence-corrected chi connectivity index (χ0v) is 13.0. The van der Waals surface area contributed by atoms with Crippen LogP contribution in [-0.4, -0.2) is 4.98 Å². The molecule has 0 aliphatic carbocycles. The standard InChI is InChI=1S/C12H8Br2ClFN2/c13-10-3-8(16)2-1-7(10)5-17-9-4-11(14)12(15)18-6-9/h1-4,6,17H,5H2. The van der Waals surface area contributed by atoms with Gasteiger partial charge in [-0.25, -0.2) is 9.37 Å². The van der Waals surface area contributed by atoms with E-state index in [2.05, 4.69) is 42.2 Å². The average Bonchev–Trinajstić information content (AvgIpc) is 2.32. The summed E-state index contributed by atoms with van der Waals surface area (Å²) < 4.78 is 14.4. The Morgan fingerprint density at radius 2 is 2.00 bits per heavy atom. The van der Waals surface area contributed by atoms with Crippen molar-refractivity contribution in [1.29, 1.82) is 0 Å². The molecule has 1 heterocycles. The van der Waals surface area contributed by atoms with E-state index in [1.807, 2.05) is 6.07 Å². The minimum Gasteiger partial charge on any atom is -0.380 e. The van der Waals surface area contributed by atoms with Gasteiger partial charge in [-0.15, -0.1) is 0 Å². The number of benzene rings is 1. The predicted octanol–water partition coefficient (Wildman–Crippen LogP) is 5.01. The fraction of sp³-hybridized carbons (Fsp3) is 0.0833. The van der Waals surface area contributed by atoms with Crippen LogP contribution in [0.25, 0.3) is 0 Å². The van der Waals surface area contributed by atoms with Gasteiger partial charge < -0.3 is 5.32 Å². The number of rotatable bonds is 3. The molecule has 0 aliphatic rings. The number of halogens is 4. The molecule has 1 N–H and O–H groups in total. The molecule has 0 radical (unpaired) electrons. The molecule has 1 aromatic carbocycles. The van der Waals surface area contributed by atoms with E-state index in [1.165, 1.54) is 12.1 Å². The minimum atomic E-state index is -0.262. The molecule has 0 saturated carbocycles. The third-order valence-electron chi connectivity index (χ3n) is 2.29. The zero-order valence-electron chi connectivity index (χ0n) is 9.05. The SMILES string of the molecule is Fc1ccc(CNc2cnc(Cl)c(Br)c2)c(Br)c1. The molecule has 0 fully saturated rings. The van der Waals surface area contributed by atoms with Crippen molar-refractivity contribution in [3.8, 4) is 0 Å². The molecule has 2 nitrogen and oxygen atoms in total. The predicted molar refractivity (Wildman–Crippen MR) is 78.4 cm³/mol. The lowest BCUT2D eigenvalue weighted by atomic mass is 10.2. The summed E-state index contributed by atoms with van der Waals surface area (Å²) in [6.45, 7) is 0.566. The normalized spacial score (nSPS) is 10.4. The van der Waals surface area contributed by atoms with Crippen molar-refractivity contribution in [3.63, 3.8) is 0 Å². The second kappa shape index (κ2) is 5.99. The number of hydrogen-bond acceptors (Lipinski definition) is 2. The number of nitrogens with one attached hydrogen (secondary N) is 1. The van der Waals surface area contributed by atoms with Gasteiger partial charge in [-0.1, -0.05) is 33.6 Å². The Kier molecular flexibility index (Phi) is 4.59. The van der Waals surface area contributed by atoms with Crippen molar-refractivity contribution in [1.82, 2.24) is 4.98 Å². The summed E-state index contributed by atoms with van der Waals surface area (Å²) in [6.07, 6.45) is 1.64. The number of nitrogens with zero attached hydrogens (tertiary/aromatic N) is 1. The lowest BCUT2D eigenvalue weighted by Crippen LogP contribution is -2.01. The van der Waals surface area contributed by atoms with Gasteiger partial charge >= 0.3 is 0 Å². The van der Waals surface area contributed by atoms with Crippen molar-refractivity contribution in [3.05, 3.63) is 55.9 Å². The summed E-state index contributed by atoms with van der Waals surface area (Å²) in [5.74, 6) is -0.262. The molecule has 18 heavy (non-hydrogen) atoms. The number of pyridine rings is 1. The zero-order chi connectivity index (χ0) is 13.1. The van der Waals surface area contributed by atoms with Crippen LogP contribution in [0, 0.1) is 5.82 Å². The summed E-state index contributed by atoms with van der Waals surface area (Å²) in [4.78, 5) is 4.01. The molecule has 0 amide bonds. The van der Waals surface area contributed by atoms with Gasteiger partial charge in [0, 0.05) is 11.0 Å². The lowest BCUT2D eigenvalue weighted by Gasteiger charge is -2.08. The van der Waals surface area contributed by atoms with Gasteiger partial charge in [0.1, 0.15) is 11.0 Å². The number of hydrogen-bond donors (Lipinski definition) is 1. The highest BCUT2D eigenvalue weighted by atomic mass is 79.9. The van der Waals surface area contributed by atoms with Gasteiger partial charge in [-0.2, -0.15) is 0 Å². The van der Waals surface area contributed by atoms with Gasteiger partial charge in [-0.05, 0) is 39.7 Å². The minimum absolute atomic E-state index is 0.262. The Hall–Kier alpha value is -0.650. The van der Waals surface area contributed by atoms with Crippen LogP contribution >= 0.6 is 43.5 Å². The van der Waals surface area contributed by atoms with Crippen LogP contribution in [0.1, 0.15) is 5.56 Å². The first kappa shape index (κ1) is 13.8. The van der Waals surface area contributed by atoms with Gasteiger partial charge in [0.2, 0.25) is 0 Å². The molecule has 0 spiro atoms. The first-order valence-corrected chi connectivity index (χ1v) is 7.01. The van der Waals surface area contributed by atoms with Gasteiger partial charge in [0.15, 0.2) is 0 Å². The first-order valence-electron chi connectivity index (χ1n) is 5.05. The van der Waals surface area contributed by atoms with Crippen molar-refractivity contribution in [2.45, 2.75) is 6.54 Å². The van der Waals surface area contributed by atoms with E-state index in [0.29, 0.717) is 11.7 Å². The van der Waals surface area contributed by atoms with E-state index in [1.54, 1.807) is 12.3 Å². The van der Waals surface area contributed by atoms with Crippen LogP contribution in [0.5, 0.6) is 0 Å². The van der Waals surface area contributed by atoms with E-state index in [-0.39, 0.29) is 5.82 Å². The summed E-state index contributed by atoms with van der Waals surface area (Å²) in [5.41, 5.74) is 1.80. The molecule has 2 aromatic rings. The smallest absolute Gasteiger partial charge is 0.143 e. The third kappa shape index (κ3) is 3.43. The van der Waals surface area contributed by atoms with Crippen molar-refractivity contribution >= 4 is 49.1 Å². The van der Waals surface area contributed by atoms with Crippen LogP contribution in [0.3, 0.4) is 0 Å². The van der Waals surface area contributed by atoms with E-state index >= 15 is 0 Å². The molecule has 0 atom stereocenters. The molecule has 94 valence electrons. The highest BCUT2D eigenvalue weighted by molar-refractivity contribution is 9.10. The Labute approximate surface area is 126 Å². The van der Waals surface area contributed by atoms with E-state index < -0.39 is 0 Å². The van der Waals surface area contributed by atoms with E-state index in [9.17, 15) is 4.39 Å². The topological polar surface area (TPSA) is 24.9 Å². The van der Waals surface area contributed by atoms with E-state index in [0.717, 1.165) is 20.2 Å². The van der Waals surface area contributed by atoms with Gasteiger partial charge in [0.05, 0.1) is 16.4 Å². The highest BCUT2D eigenvalue weighted by Gasteiger charge is 2.03. The summed E-state index contributed by atoms with van der Waals surface area (Å²) >= 11 is 12.4. The average molecular weight is 394 g/mol. The summed E-state index contributed by atoms with van der Waals surface area (Å²) in [7, 11) is 0. The molecule has 0 bridgehead atoms. The molecule has 0 unspecified atom stereocenters. The Bertz CT molecular complexity index is 578. The van der Waals surface area contributed by atoms with E-state index in [4.69, 9.17) is 11.6 Å². The second-order valence-electron chi connectivity index (χ2n) is 3.59. The fourth-order valence-corrected chi connectivity index (χ4v) is 2.32. The van der Waals surface area contributed by atoms with Crippen LogP contribution < -0.4 is 5.32 Å². The maximum absolute atomic E-state index is 12.9. The summed E-state index contributed by atoms with van der Waals surface area (Å²) in [5, 5.41) is 3.61. The monoisotopic (exact) mass is 392 g/mol. The van der Waals surface area contributed by atoms with Crippen LogP contribution in [0.15, 0.2) is 39.4 Å². The molecule has 1 aromatic heterocycles. The number of anilines is 1. The Balaban J connectivity index is 2.09. The molecular formula is C12H8Br2ClFN2. The Morgan fingerprint density at radius 3 is 2.67 bits per heavy atom. The molecular weight excluding hydrogens is 386 g/mol.